The van der Waals surface area contributed by atoms with E-state index in [0.717, 1.165) is 32.7 Å². The Bertz CT molecular complexity index is 1020. The van der Waals surface area contributed by atoms with Crippen molar-refractivity contribution in [3.8, 4) is 21.8 Å². The van der Waals surface area contributed by atoms with Gasteiger partial charge < -0.3 is 9.67 Å². The van der Waals surface area contributed by atoms with E-state index in [9.17, 15) is 4.79 Å². The number of aromatic nitrogens is 2. The lowest BCUT2D eigenvalue weighted by Crippen LogP contribution is -2.07. The van der Waals surface area contributed by atoms with Gasteiger partial charge in [0.2, 0.25) is 0 Å². The molecule has 2 aromatic carbocycles. The maximum Gasteiger partial charge on any atom is 0.323 e. The number of rotatable bonds is 4. The molecule has 0 saturated carbocycles. The van der Waals surface area contributed by atoms with Crippen molar-refractivity contribution in [2.75, 3.05) is 0 Å². The Kier molecular flexibility index (Phi) is 3.63. The van der Waals surface area contributed by atoms with Gasteiger partial charge in [-0.25, -0.2) is 4.98 Å². The van der Waals surface area contributed by atoms with Gasteiger partial charge >= 0.3 is 5.97 Å². The third-order valence-electron chi connectivity index (χ3n) is 3.90. The van der Waals surface area contributed by atoms with E-state index in [4.69, 9.17) is 10.1 Å². The summed E-state index contributed by atoms with van der Waals surface area (Å²) in [4.78, 5) is 15.7. The van der Waals surface area contributed by atoms with Gasteiger partial charge in [-0.2, -0.15) is 0 Å². The lowest BCUT2D eigenvalue weighted by atomic mass is 10.1. The van der Waals surface area contributed by atoms with Gasteiger partial charge in [-0.05, 0) is 17.5 Å². The number of aliphatic carboxylic acids is 1. The Hall–Kier alpha value is -2.92. The molecule has 2 heterocycles. The standard InChI is InChI=1S/C19H14N2O2S/c22-18(23)11-21-9-8-13-6-7-15(10-17(13)21)16-12-24-19(20-16)14-4-2-1-3-5-14/h1-10,12H,11H2,(H,22,23). The van der Waals surface area contributed by atoms with Crippen LogP contribution < -0.4 is 0 Å². The highest BCUT2D eigenvalue weighted by Crippen LogP contribution is 2.30. The van der Waals surface area contributed by atoms with E-state index in [1.165, 1.54) is 0 Å². The van der Waals surface area contributed by atoms with Crippen LogP contribution in [0.1, 0.15) is 0 Å². The zero-order chi connectivity index (χ0) is 16.5. The molecule has 118 valence electrons. The maximum atomic E-state index is 11.0. The van der Waals surface area contributed by atoms with Crippen molar-refractivity contribution in [1.82, 2.24) is 9.55 Å². The molecule has 0 atom stereocenters. The molecule has 0 aliphatic carbocycles. The van der Waals surface area contributed by atoms with Crippen LogP contribution >= 0.6 is 11.3 Å². The summed E-state index contributed by atoms with van der Waals surface area (Å²) in [6.07, 6.45) is 1.80. The number of carbonyl (C=O) groups is 1. The number of hydrogen-bond acceptors (Lipinski definition) is 3. The van der Waals surface area contributed by atoms with Gasteiger partial charge in [-0.15, -0.1) is 11.3 Å². The van der Waals surface area contributed by atoms with E-state index < -0.39 is 5.97 Å². The van der Waals surface area contributed by atoms with Gasteiger partial charge in [0.25, 0.3) is 0 Å². The van der Waals surface area contributed by atoms with Crippen LogP contribution in [0.25, 0.3) is 32.7 Å². The molecular formula is C19H14N2O2S. The average molecular weight is 334 g/mol. The first-order chi connectivity index (χ1) is 11.7. The fourth-order valence-electron chi connectivity index (χ4n) is 2.75. The monoisotopic (exact) mass is 334 g/mol. The average Bonchev–Trinajstić information content (AvgIpc) is 3.23. The Morgan fingerprint density at radius 3 is 2.71 bits per heavy atom. The van der Waals surface area contributed by atoms with E-state index in [1.807, 2.05) is 60.0 Å². The second-order valence-corrected chi connectivity index (χ2v) is 6.37. The first-order valence-electron chi connectivity index (χ1n) is 7.53. The first-order valence-corrected chi connectivity index (χ1v) is 8.41. The number of benzene rings is 2. The van der Waals surface area contributed by atoms with Crippen molar-refractivity contribution in [3.05, 3.63) is 66.2 Å². The molecule has 4 rings (SSSR count). The molecule has 0 unspecified atom stereocenters. The molecule has 0 aliphatic rings. The lowest BCUT2D eigenvalue weighted by molar-refractivity contribution is -0.137. The second kappa shape index (κ2) is 5.94. The maximum absolute atomic E-state index is 11.0. The van der Waals surface area contributed by atoms with Crippen LogP contribution in [0.2, 0.25) is 0 Å². The zero-order valence-corrected chi connectivity index (χ0v) is 13.5. The molecule has 2 aromatic heterocycles. The van der Waals surface area contributed by atoms with Gasteiger partial charge in [0, 0.05) is 28.2 Å². The molecule has 4 nitrogen and oxygen atoms in total. The second-order valence-electron chi connectivity index (χ2n) is 5.51. The SMILES string of the molecule is O=C(O)Cn1ccc2ccc(-c3csc(-c4ccccc4)n3)cc21. The summed E-state index contributed by atoms with van der Waals surface area (Å²) in [5.41, 5.74) is 3.91. The molecule has 5 heteroatoms. The molecule has 0 fully saturated rings. The zero-order valence-electron chi connectivity index (χ0n) is 12.7. The van der Waals surface area contributed by atoms with Crippen LogP contribution in [0.3, 0.4) is 0 Å². The quantitative estimate of drug-likeness (QED) is 0.597. The summed E-state index contributed by atoms with van der Waals surface area (Å²) < 4.78 is 1.74. The molecule has 0 bridgehead atoms. The van der Waals surface area contributed by atoms with E-state index in [2.05, 4.69) is 0 Å². The third-order valence-corrected chi connectivity index (χ3v) is 4.79. The summed E-state index contributed by atoms with van der Waals surface area (Å²) in [5, 5.41) is 13.1. The largest absolute Gasteiger partial charge is 0.480 e. The number of fused-ring (bicyclic) bond motifs is 1. The van der Waals surface area contributed by atoms with Gasteiger partial charge in [0.1, 0.15) is 11.6 Å². The number of carboxylic acids is 1. The van der Waals surface area contributed by atoms with Crippen molar-refractivity contribution in [1.29, 1.82) is 0 Å². The molecule has 4 aromatic rings. The Labute approximate surface area is 142 Å². The van der Waals surface area contributed by atoms with E-state index >= 15 is 0 Å². The predicted octanol–water partition coefficient (Wildman–Crippen LogP) is 4.52. The first kappa shape index (κ1) is 14.7. The van der Waals surface area contributed by atoms with Gasteiger partial charge in [-0.1, -0.05) is 42.5 Å². The van der Waals surface area contributed by atoms with Crippen LogP contribution in [0.5, 0.6) is 0 Å². The van der Waals surface area contributed by atoms with Gasteiger partial charge in [0.05, 0.1) is 5.69 Å². The number of carboxylic acid groups (broad SMARTS) is 1. The summed E-state index contributed by atoms with van der Waals surface area (Å²) >= 11 is 1.61. The fourth-order valence-corrected chi connectivity index (χ4v) is 3.58. The van der Waals surface area contributed by atoms with Crippen LogP contribution in [-0.4, -0.2) is 20.6 Å². The van der Waals surface area contributed by atoms with Crippen molar-refractivity contribution in [2.45, 2.75) is 6.54 Å². The Balaban J connectivity index is 1.74. The molecular weight excluding hydrogens is 320 g/mol. The topological polar surface area (TPSA) is 55.1 Å². The summed E-state index contributed by atoms with van der Waals surface area (Å²) in [6.45, 7) is -0.0424. The molecule has 0 spiro atoms. The molecule has 0 aliphatic heterocycles. The Morgan fingerprint density at radius 1 is 1.08 bits per heavy atom. The van der Waals surface area contributed by atoms with Gasteiger partial charge in [0.15, 0.2) is 0 Å². The summed E-state index contributed by atoms with van der Waals surface area (Å²) in [5.74, 6) is -0.849. The van der Waals surface area contributed by atoms with Crippen LogP contribution in [0.15, 0.2) is 66.2 Å². The van der Waals surface area contributed by atoms with Crippen molar-refractivity contribution >= 4 is 28.2 Å². The number of thiazole rings is 1. The molecule has 24 heavy (non-hydrogen) atoms. The molecule has 1 N–H and O–H groups in total. The minimum absolute atomic E-state index is 0.0424. The van der Waals surface area contributed by atoms with E-state index in [-0.39, 0.29) is 6.54 Å². The van der Waals surface area contributed by atoms with Crippen LogP contribution in [0.4, 0.5) is 0 Å². The fraction of sp³-hybridized carbons (Fsp3) is 0.0526. The summed E-state index contributed by atoms with van der Waals surface area (Å²) in [7, 11) is 0. The highest BCUT2D eigenvalue weighted by Gasteiger charge is 2.10. The highest BCUT2D eigenvalue weighted by atomic mass is 32.1. The minimum Gasteiger partial charge on any atom is -0.480 e. The molecule has 0 saturated heterocycles. The molecule has 0 radical (unpaired) electrons. The summed E-state index contributed by atoms with van der Waals surface area (Å²) in [6, 6.07) is 18.0. The van der Waals surface area contributed by atoms with Gasteiger partial charge in [-0.3, -0.25) is 4.79 Å². The lowest BCUT2D eigenvalue weighted by Gasteiger charge is -2.03. The van der Waals surface area contributed by atoms with Crippen molar-refractivity contribution in [2.24, 2.45) is 0 Å². The van der Waals surface area contributed by atoms with E-state index in [0.29, 0.717) is 0 Å². The molecule has 0 amide bonds. The smallest absolute Gasteiger partial charge is 0.323 e. The normalized spacial score (nSPS) is 11.0. The van der Waals surface area contributed by atoms with E-state index in [1.54, 1.807) is 22.1 Å². The van der Waals surface area contributed by atoms with Crippen LogP contribution in [0, 0.1) is 0 Å². The minimum atomic E-state index is -0.849. The van der Waals surface area contributed by atoms with Crippen molar-refractivity contribution < 1.29 is 9.90 Å². The van der Waals surface area contributed by atoms with Crippen LogP contribution in [-0.2, 0) is 11.3 Å². The number of hydrogen-bond donors (Lipinski definition) is 1. The third kappa shape index (κ3) is 2.70. The Morgan fingerprint density at radius 2 is 1.92 bits per heavy atom. The number of nitrogens with zero attached hydrogens (tertiary/aromatic N) is 2. The van der Waals surface area contributed by atoms with Crippen molar-refractivity contribution in [3.63, 3.8) is 0 Å². The highest BCUT2D eigenvalue weighted by molar-refractivity contribution is 7.13. The predicted molar refractivity (Wildman–Crippen MR) is 96.1 cm³/mol.